The molecule has 1 aliphatic heterocycles. The highest BCUT2D eigenvalue weighted by Crippen LogP contribution is 2.40. The van der Waals surface area contributed by atoms with Crippen molar-refractivity contribution in [3.8, 4) is 0 Å². The maximum atomic E-state index is 12.7. The molecule has 1 saturated heterocycles. The number of nitrogens with one attached hydrogen (secondary N) is 1. The van der Waals surface area contributed by atoms with Crippen molar-refractivity contribution >= 4 is 29.3 Å². The third-order valence-corrected chi connectivity index (χ3v) is 6.22. The summed E-state index contributed by atoms with van der Waals surface area (Å²) in [7, 11) is 0. The van der Waals surface area contributed by atoms with Gasteiger partial charge in [-0.05, 0) is 65.3 Å². The van der Waals surface area contributed by atoms with Gasteiger partial charge in [-0.15, -0.1) is 0 Å². The lowest BCUT2D eigenvalue weighted by atomic mass is 9.98. The lowest BCUT2D eigenvalue weighted by molar-refractivity contribution is -0.125. The van der Waals surface area contributed by atoms with Crippen LogP contribution in [0.15, 0.2) is 85.3 Å². The van der Waals surface area contributed by atoms with E-state index < -0.39 is 0 Å². The molecular weight excluding hydrogens is 412 g/mol. The molecule has 5 rings (SSSR count). The molecule has 0 bridgehead atoms. The van der Waals surface area contributed by atoms with Crippen LogP contribution in [0.4, 0.5) is 5.82 Å². The fourth-order valence-corrected chi connectivity index (χ4v) is 4.49. The summed E-state index contributed by atoms with van der Waals surface area (Å²) in [6.07, 6.45) is 11.5. The fourth-order valence-electron chi connectivity index (χ4n) is 4.49. The number of carbonyl (C=O) groups excluding carboxylic acids is 2. The molecule has 2 atom stereocenters. The van der Waals surface area contributed by atoms with Gasteiger partial charge in [0.05, 0.1) is 5.56 Å². The molecule has 2 amide bonds. The van der Waals surface area contributed by atoms with Crippen LogP contribution in [0.25, 0.3) is 11.6 Å². The van der Waals surface area contributed by atoms with Gasteiger partial charge >= 0.3 is 0 Å². The molecule has 3 heterocycles. The van der Waals surface area contributed by atoms with Crippen molar-refractivity contribution in [2.24, 2.45) is 11.8 Å². The number of pyridine rings is 2. The summed E-state index contributed by atoms with van der Waals surface area (Å²) in [5, 5.41) is 2.74. The topological polar surface area (TPSA) is 75.2 Å². The predicted molar refractivity (Wildman–Crippen MR) is 128 cm³/mol. The number of carbonyl (C=O) groups is 2. The second-order valence-corrected chi connectivity index (χ2v) is 8.44. The molecule has 6 nitrogen and oxygen atoms in total. The number of anilines is 1. The number of allylic oxidation sites excluding steroid dienone is 1. The van der Waals surface area contributed by atoms with Crippen molar-refractivity contribution in [3.63, 3.8) is 0 Å². The van der Waals surface area contributed by atoms with E-state index in [-0.39, 0.29) is 11.8 Å². The average Bonchev–Trinajstić information content (AvgIpc) is 3.44. The molecule has 1 aliphatic carbocycles. The molecule has 2 aromatic heterocycles. The number of benzene rings is 1. The van der Waals surface area contributed by atoms with E-state index in [1.54, 1.807) is 42.7 Å². The minimum Gasteiger partial charge on any atom is -0.338 e. The van der Waals surface area contributed by atoms with Gasteiger partial charge in [-0.25, -0.2) is 4.98 Å². The van der Waals surface area contributed by atoms with Gasteiger partial charge in [0, 0.05) is 37.8 Å². The fraction of sp³-hybridized carbons (Fsp3) is 0.185. The molecule has 1 aromatic carbocycles. The predicted octanol–water partition coefficient (Wildman–Crippen LogP) is 4.30. The number of amides is 2. The van der Waals surface area contributed by atoms with Crippen molar-refractivity contribution in [2.45, 2.75) is 6.42 Å². The van der Waals surface area contributed by atoms with Crippen molar-refractivity contribution in [1.29, 1.82) is 0 Å². The molecule has 3 aromatic rings. The van der Waals surface area contributed by atoms with Gasteiger partial charge in [0.25, 0.3) is 5.91 Å². The van der Waals surface area contributed by atoms with Crippen molar-refractivity contribution in [3.05, 3.63) is 102 Å². The van der Waals surface area contributed by atoms with E-state index in [4.69, 9.17) is 0 Å². The van der Waals surface area contributed by atoms with Crippen molar-refractivity contribution in [1.82, 2.24) is 14.9 Å². The zero-order chi connectivity index (χ0) is 22.6. The molecule has 2 unspecified atom stereocenters. The van der Waals surface area contributed by atoms with Gasteiger partial charge in [0.1, 0.15) is 5.82 Å². The lowest BCUT2D eigenvalue weighted by Crippen LogP contribution is -2.27. The Morgan fingerprint density at radius 2 is 1.88 bits per heavy atom. The van der Waals surface area contributed by atoms with Crippen LogP contribution in [0.2, 0.25) is 0 Å². The van der Waals surface area contributed by atoms with E-state index in [9.17, 15) is 9.59 Å². The second-order valence-electron chi connectivity index (χ2n) is 8.44. The van der Waals surface area contributed by atoms with Crippen LogP contribution in [0, 0.1) is 11.8 Å². The van der Waals surface area contributed by atoms with Crippen LogP contribution in [0.5, 0.6) is 0 Å². The van der Waals surface area contributed by atoms with E-state index >= 15 is 0 Å². The molecule has 0 spiro atoms. The second kappa shape index (κ2) is 9.20. The Hall–Kier alpha value is -4.06. The lowest BCUT2D eigenvalue weighted by Gasteiger charge is -2.15. The largest absolute Gasteiger partial charge is 0.338 e. The molecule has 1 N–H and O–H groups in total. The van der Waals surface area contributed by atoms with Gasteiger partial charge in [0.2, 0.25) is 5.91 Å². The number of hydrogen-bond donors (Lipinski definition) is 1. The molecule has 6 heteroatoms. The van der Waals surface area contributed by atoms with Crippen LogP contribution in [-0.2, 0) is 4.79 Å². The number of rotatable bonds is 5. The zero-order valence-electron chi connectivity index (χ0n) is 18.1. The zero-order valence-corrected chi connectivity index (χ0v) is 18.1. The summed E-state index contributed by atoms with van der Waals surface area (Å²) in [6, 6.07) is 17.4. The Morgan fingerprint density at radius 3 is 2.61 bits per heavy atom. The van der Waals surface area contributed by atoms with Crippen LogP contribution < -0.4 is 5.32 Å². The van der Waals surface area contributed by atoms with Crippen molar-refractivity contribution < 1.29 is 9.59 Å². The van der Waals surface area contributed by atoms with E-state index in [0.717, 1.165) is 25.1 Å². The van der Waals surface area contributed by atoms with E-state index in [0.29, 0.717) is 23.2 Å². The molecule has 164 valence electrons. The summed E-state index contributed by atoms with van der Waals surface area (Å²) in [5.41, 5.74) is 3.95. The van der Waals surface area contributed by atoms with Crippen LogP contribution in [-0.4, -0.2) is 39.8 Å². The number of nitrogens with zero attached hydrogens (tertiary/aromatic N) is 3. The summed E-state index contributed by atoms with van der Waals surface area (Å²) in [6.45, 7) is 1.56. The molecule has 33 heavy (non-hydrogen) atoms. The van der Waals surface area contributed by atoms with Gasteiger partial charge < -0.3 is 10.2 Å². The summed E-state index contributed by atoms with van der Waals surface area (Å²) in [5.74, 6) is 1.13. The number of likely N-dealkylation sites (tertiary alicyclic amines) is 1. The van der Waals surface area contributed by atoms with Gasteiger partial charge in [-0.2, -0.15) is 0 Å². The molecular formula is C27H24N4O2. The third kappa shape index (κ3) is 4.75. The highest BCUT2D eigenvalue weighted by Gasteiger charge is 2.37. The molecule has 2 aliphatic rings. The van der Waals surface area contributed by atoms with E-state index in [1.807, 2.05) is 17.0 Å². The Bertz CT molecular complexity index is 1200. The maximum absolute atomic E-state index is 12.7. The third-order valence-electron chi connectivity index (χ3n) is 6.22. The van der Waals surface area contributed by atoms with Crippen LogP contribution in [0.1, 0.15) is 27.9 Å². The first-order chi connectivity index (χ1) is 16.2. The summed E-state index contributed by atoms with van der Waals surface area (Å²) in [4.78, 5) is 35.0. The first-order valence-electron chi connectivity index (χ1n) is 11.1. The summed E-state index contributed by atoms with van der Waals surface area (Å²) >= 11 is 0. The monoisotopic (exact) mass is 436 g/mol. The standard InChI is InChI=1S/C27H24N4O2/c32-26(31-17-23-13-22(14-24(23)18-31)20-5-2-1-3-6-20)11-9-19-8-10-25(29-15-19)30-27(33)21-7-4-12-28-16-21/h1-13,15-16,23-24H,14,17-18H2,(H,29,30,33). The Kier molecular flexibility index (Phi) is 5.81. The number of aromatic nitrogens is 2. The average molecular weight is 437 g/mol. The quantitative estimate of drug-likeness (QED) is 0.605. The highest BCUT2D eigenvalue weighted by molar-refractivity contribution is 6.03. The highest BCUT2D eigenvalue weighted by atomic mass is 16.2. The van der Waals surface area contributed by atoms with Gasteiger partial charge in [-0.1, -0.05) is 36.4 Å². The first-order valence-corrected chi connectivity index (χ1v) is 11.1. The van der Waals surface area contributed by atoms with Crippen molar-refractivity contribution in [2.75, 3.05) is 18.4 Å². The van der Waals surface area contributed by atoms with Crippen LogP contribution >= 0.6 is 0 Å². The Labute approximate surface area is 192 Å². The molecule has 0 saturated carbocycles. The van der Waals surface area contributed by atoms with E-state index in [2.05, 4.69) is 45.6 Å². The normalized spacial score (nSPS) is 19.4. The Morgan fingerprint density at radius 1 is 1.00 bits per heavy atom. The first kappa shape index (κ1) is 20.8. The number of fused-ring (bicyclic) bond motifs is 1. The minimum atomic E-state index is -0.266. The van der Waals surface area contributed by atoms with Gasteiger partial charge in [-0.3, -0.25) is 14.6 Å². The van der Waals surface area contributed by atoms with E-state index in [1.165, 1.54) is 17.3 Å². The number of hydrogen-bond acceptors (Lipinski definition) is 4. The maximum Gasteiger partial charge on any atom is 0.258 e. The Balaban J connectivity index is 1.16. The minimum absolute atomic E-state index is 0.0213. The van der Waals surface area contributed by atoms with Gasteiger partial charge in [0.15, 0.2) is 0 Å². The smallest absolute Gasteiger partial charge is 0.258 e. The van der Waals surface area contributed by atoms with Crippen LogP contribution in [0.3, 0.4) is 0 Å². The molecule has 1 fully saturated rings. The SMILES string of the molecule is O=C(Nc1ccc(C=CC(=O)N2CC3C=C(c4ccccc4)CC3C2)cn1)c1cccnc1. The molecule has 0 radical (unpaired) electrons. The summed E-state index contributed by atoms with van der Waals surface area (Å²) < 4.78 is 0.